The number of hydrogen-bond acceptors (Lipinski definition) is 4. The van der Waals surface area contributed by atoms with E-state index < -0.39 is 5.97 Å². The van der Waals surface area contributed by atoms with E-state index >= 15 is 0 Å². The van der Waals surface area contributed by atoms with Crippen LogP contribution in [0.25, 0.3) is 0 Å². The summed E-state index contributed by atoms with van der Waals surface area (Å²) in [4.78, 5) is 18.1. The minimum Gasteiger partial charge on any atom is -0.478 e. The number of nitrogens with one attached hydrogen (secondary N) is 1. The number of carboxylic acids is 1. The minimum atomic E-state index is -0.887. The lowest BCUT2D eigenvalue weighted by Crippen LogP contribution is -2.32. The van der Waals surface area contributed by atoms with Crippen molar-refractivity contribution in [3.8, 4) is 0 Å². The quantitative estimate of drug-likeness (QED) is 0.658. The Morgan fingerprint density at radius 3 is 2.84 bits per heavy atom. The Labute approximate surface area is 182 Å². The zero-order valence-electron chi connectivity index (χ0n) is 17.6. The fourth-order valence-corrected chi connectivity index (χ4v) is 4.94. The summed E-state index contributed by atoms with van der Waals surface area (Å²) >= 11 is 0. The van der Waals surface area contributed by atoms with Gasteiger partial charge in [0.15, 0.2) is 0 Å². The maximum atomic E-state index is 11.5. The molecule has 3 aromatic rings. The number of carboxylic acid groups (broad SMARTS) is 1. The van der Waals surface area contributed by atoms with Gasteiger partial charge in [0.1, 0.15) is 0 Å². The highest BCUT2D eigenvalue weighted by Crippen LogP contribution is 2.32. The van der Waals surface area contributed by atoms with E-state index in [-0.39, 0.29) is 6.04 Å². The van der Waals surface area contributed by atoms with Crippen LogP contribution in [-0.4, -0.2) is 29.1 Å². The van der Waals surface area contributed by atoms with Crippen LogP contribution in [0, 0.1) is 0 Å². The van der Waals surface area contributed by atoms with Crippen LogP contribution in [-0.2, 0) is 25.8 Å². The number of aromatic nitrogens is 1. The average Bonchev–Trinajstić information content (AvgIpc) is 2.82. The Morgan fingerprint density at radius 1 is 1.10 bits per heavy atom. The van der Waals surface area contributed by atoms with E-state index in [1.165, 1.54) is 27.9 Å². The zero-order chi connectivity index (χ0) is 21.2. The second kappa shape index (κ2) is 8.52. The molecular weight excluding hydrogens is 386 g/mol. The molecule has 5 nitrogen and oxygen atoms in total. The van der Waals surface area contributed by atoms with E-state index in [1.807, 2.05) is 0 Å². The highest BCUT2D eigenvalue weighted by Gasteiger charge is 2.23. The van der Waals surface area contributed by atoms with E-state index in [0.29, 0.717) is 12.0 Å². The third-order valence-corrected chi connectivity index (χ3v) is 6.62. The lowest BCUT2D eigenvalue weighted by atomic mass is 9.89. The predicted octanol–water partition coefficient (Wildman–Crippen LogP) is 4.16. The Morgan fingerprint density at radius 2 is 1.97 bits per heavy atom. The lowest BCUT2D eigenvalue weighted by Gasteiger charge is -2.33. The first-order valence-corrected chi connectivity index (χ1v) is 11.0. The zero-order valence-corrected chi connectivity index (χ0v) is 17.6. The van der Waals surface area contributed by atoms with Crippen molar-refractivity contribution in [2.45, 2.75) is 38.3 Å². The molecule has 0 amide bonds. The van der Waals surface area contributed by atoms with Gasteiger partial charge >= 0.3 is 5.97 Å². The molecule has 0 spiro atoms. The van der Waals surface area contributed by atoms with Gasteiger partial charge in [-0.3, -0.25) is 4.98 Å². The van der Waals surface area contributed by atoms with Crippen molar-refractivity contribution >= 4 is 11.7 Å². The Kier molecular flexibility index (Phi) is 5.43. The van der Waals surface area contributed by atoms with Crippen LogP contribution in [0.4, 0.5) is 5.69 Å². The molecule has 1 aromatic heterocycles. The Bertz CT molecular complexity index is 1110. The van der Waals surface area contributed by atoms with Crippen molar-refractivity contribution in [3.05, 3.63) is 94.3 Å². The van der Waals surface area contributed by atoms with Gasteiger partial charge < -0.3 is 15.3 Å². The molecule has 2 N–H and O–H groups in total. The average molecular weight is 414 g/mol. The SMILES string of the molecule is O=C(O)c1ccncc1CC[C@@H]1NCCc2cc(N3CCc4ccccc4C3)ccc21. The van der Waals surface area contributed by atoms with Crippen LogP contribution in [0.15, 0.2) is 60.9 Å². The first-order valence-electron chi connectivity index (χ1n) is 11.0. The number of benzene rings is 2. The molecule has 31 heavy (non-hydrogen) atoms. The Balaban J connectivity index is 1.32. The van der Waals surface area contributed by atoms with Crippen molar-refractivity contribution in [2.75, 3.05) is 18.0 Å². The van der Waals surface area contributed by atoms with E-state index in [0.717, 1.165) is 44.5 Å². The summed E-state index contributed by atoms with van der Waals surface area (Å²) in [5, 5.41) is 13.1. The van der Waals surface area contributed by atoms with Crippen molar-refractivity contribution < 1.29 is 9.90 Å². The third kappa shape index (κ3) is 4.06. The molecule has 0 bridgehead atoms. The van der Waals surface area contributed by atoms with Crippen molar-refractivity contribution in [1.82, 2.24) is 10.3 Å². The molecule has 3 heterocycles. The largest absolute Gasteiger partial charge is 0.478 e. The number of nitrogens with zero attached hydrogens (tertiary/aromatic N) is 2. The van der Waals surface area contributed by atoms with E-state index in [1.54, 1.807) is 18.5 Å². The van der Waals surface area contributed by atoms with Gasteiger partial charge in [-0.15, -0.1) is 0 Å². The molecule has 2 aromatic carbocycles. The van der Waals surface area contributed by atoms with Gasteiger partial charge in [-0.1, -0.05) is 30.3 Å². The fourth-order valence-electron chi connectivity index (χ4n) is 4.94. The maximum absolute atomic E-state index is 11.5. The smallest absolute Gasteiger partial charge is 0.336 e. The van der Waals surface area contributed by atoms with Crippen LogP contribution in [0.5, 0.6) is 0 Å². The number of fused-ring (bicyclic) bond motifs is 2. The number of hydrogen-bond donors (Lipinski definition) is 2. The third-order valence-electron chi connectivity index (χ3n) is 6.62. The monoisotopic (exact) mass is 413 g/mol. The standard InChI is InChI=1S/C26H27N3O2/c30-26(31)24-10-12-27-16-20(24)5-8-25-23-7-6-22(15-19(23)9-13-28-25)29-14-11-18-3-1-2-4-21(18)17-29/h1-4,6-7,10,12,15-16,25,28H,5,8-9,11,13-14,17H2,(H,30,31)/t25-/m0/s1. The fraction of sp³-hybridized carbons (Fsp3) is 0.308. The predicted molar refractivity (Wildman–Crippen MR) is 122 cm³/mol. The molecule has 1 atom stereocenters. The lowest BCUT2D eigenvalue weighted by molar-refractivity contribution is 0.0695. The van der Waals surface area contributed by atoms with Crippen LogP contribution >= 0.6 is 0 Å². The van der Waals surface area contributed by atoms with Gasteiger partial charge in [-0.05, 0) is 78.2 Å². The first-order chi connectivity index (χ1) is 15.2. The second-order valence-electron chi connectivity index (χ2n) is 8.46. The summed E-state index contributed by atoms with van der Waals surface area (Å²) in [6, 6.07) is 17.4. The molecule has 2 aliphatic rings. The van der Waals surface area contributed by atoms with Crippen LogP contribution in [0.3, 0.4) is 0 Å². The summed E-state index contributed by atoms with van der Waals surface area (Å²) in [5.41, 5.74) is 8.10. The summed E-state index contributed by atoms with van der Waals surface area (Å²) in [7, 11) is 0. The molecular formula is C26H27N3O2. The van der Waals surface area contributed by atoms with Crippen LogP contribution < -0.4 is 10.2 Å². The molecule has 2 aliphatic heterocycles. The highest BCUT2D eigenvalue weighted by atomic mass is 16.4. The molecule has 5 heteroatoms. The summed E-state index contributed by atoms with van der Waals surface area (Å²) < 4.78 is 0. The Hall–Kier alpha value is -3.18. The van der Waals surface area contributed by atoms with Gasteiger partial charge in [0.2, 0.25) is 0 Å². The van der Waals surface area contributed by atoms with Crippen LogP contribution in [0.1, 0.15) is 50.6 Å². The first kappa shape index (κ1) is 19.8. The molecule has 0 radical (unpaired) electrons. The van der Waals surface area contributed by atoms with Crippen molar-refractivity contribution in [3.63, 3.8) is 0 Å². The van der Waals surface area contributed by atoms with Gasteiger partial charge in [-0.25, -0.2) is 4.79 Å². The highest BCUT2D eigenvalue weighted by molar-refractivity contribution is 5.89. The number of carbonyl (C=O) groups is 1. The molecule has 0 fully saturated rings. The van der Waals surface area contributed by atoms with Crippen molar-refractivity contribution in [1.29, 1.82) is 0 Å². The topological polar surface area (TPSA) is 65.5 Å². The molecule has 0 saturated heterocycles. The van der Waals surface area contributed by atoms with Gasteiger partial charge in [0, 0.05) is 37.2 Å². The number of rotatable bonds is 5. The molecule has 5 rings (SSSR count). The van der Waals surface area contributed by atoms with E-state index in [9.17, 15) is 9.90 Å². The molecule has 0 unspecified atom stereocenters. The summed E-state index contributed by atoms with van der Waals surface area (Å²) in [6.07, 6.45) is 6.89. The van der Waals surface area contributed by atoms with Gasteiger partial charge in [0.05, 0.1) is 5.56 Å². The number of anilines is 1. The normalized spacial score (nSPS) is 17.7. The van der Waals surface area contributed by atoms with Gasteiger partial charge in [0.25, 0.3) is 0 Å². The van der Waals surface area contributed by atoms with E-state index in [2.05, 4.69) is 57.7 Å². The van der Waals surface area contributed by atoms with Crippen molar-refractivity contribution in [2.24, 2.45) is 0 Å². The minimum absolute atomic E-state index is 0.238. The number of pyridine rings is 1. The second-order valence-corrected chi connectivity index (χ2v) is 8.46. The summed E-state index contributed by atoms with van der Waals surface area (Å²) in [6.45, 7) is 2.97. The summed E-state index contributed by atoms with van der Waals surface area (Å²) in [5.74, 6) is -0.887. The molecule has 0 saturated carbocycles. The number of aryl methyl sites for hydroxylation is 1. The van der Waals surface area contributed by atoms with Gasteiger partial charge in [-0.2, -0.15) is 0 Å². The van der Waals surface area contributed by atoms with E-state index in [4.69, 9.17) is 0 Å². The molecule has 158 valence electrons. The maximum Gasteiger partial charge on any atom is 0.336 e. The number of aromatic carboxylic acids is 1. The van der Waals surface area contributed by atoms with Crippen LogP contribution in [0.2, 0.25) is 0 Å². The molecule has 0 aliphatic carbocycles.